The van der Waals surface area contributed by atoms with Crippen molar-refractivity contribution in [3.63, 3.8) is 0 Å². The minimum absolute atomic E-state index is 0.101. The number of hydrogen-bond acceptors (Lipinski definition) is 5. The van der Waals surface area contributed by atoms with Crippen molar-refractivity contribution in [2.45, 2.75) is 33.2 Å². The number of nitrogens with zero attached hydrogens (tertiary/aromatic N) is 2. The van der Waals surface area contributed by atoms with E-state index in [4.69, 9.17) is 21.1 Å². The normalized spacial score (nSPS) is 13.3. The molecule has 3 aromatic rings. The van der Waals surface area contributed by atoms with Gasteiger partial charge in [-0.1, -0.05) is 24.6 Å². The van der Waals surface area contributed by atoms with Crippen molar-refractivity contribution in [1.82, 2.24) is 10.2 Å². The number of carbonyl (C=O) groups excluding carboxylic acids is 2. The summed E-state index contributed by atoms with van der Waals surface area (Å²) < 4.78 is 10.6. The maximum Gasteiger partial charge on any atom is 0.251 e. The molecule has 3 aromatic carbocycles. The fourth-order valence-corrected chi connectivity index (χ4v) is 5.18. The molecule has 1 N–H and O–H groups in total. The van der Waals surface area contributed by atoms with Crippen LogP contribution in [0, 0.1) is 6.92 Å². The Kier molecular flexibility index (Phi) is 9.36. The second kappa shape index (κ2) is 12.9. The third-order valence-corrected chi connectivity index (χ3v) is 7.54. The van der Waals surface area contributed by atoms with Crippen LogP contribution in [0.4, 0.5) is 5.69 Å². The molecule has 206 valence electrons. The van der Waals surface area contributed by atoms with Gasteiger partial charge in [-0.25, -0.2) is 0 Å². The van der Waals surface area contributed by atoms with Crippen LogP contribution < -0.4 is 19.7 Å². The number of anilines is 1. The van der Waals surface area contributed by atoms with Gasteiger partial charge in [-0.3, -0.25) is 9.59 Å². The highest BCUT2D eigenvalue weighted by molar-refractivity contribution is 6.31. The second-order valence-electron chi connectivity index (χ2n) is 9.72. The van der Waals surface area contributed by atoms with Crippen molar-refractivity contribution in [2.24, 2.45) is 0 Å². The fraction of sp³-hybridized carbons (Fsp3) is 0.355. The number of rotatable bonds is 9. The molecule has 0 aromatic heterocycles. The molecule has 2 amide bonds. The Hall–Kier alpha value is -3.71. The molecule has 1 saturated heterocycles. The van der Waals surface area contributed by atoms with Crippen LogP contribution in [0.2, 0.25) is 5.02 Å². The Morgan fingerprint density at radius 1 is 0.897 bits per heavy atom. The molecular weight excluding hydrogens is 514 g/mol. The zero-order valence-electron chi connectivity index (χ0n) is 23.1. The van der Waals surface area contributed by atoms with Crippen molar-refractivity contribution >= 4 is 29.1 Å². The van der Waals surface area contributed by atoms with Crippen LogP contribution in [0.3, 0.4) is 0 Å². The third-order valence-electron chi connectivity index (χ3n) is 7.21. The Labute approximate surface area is 235 Å². The minimum Gasteiger partial charge on any atom is -0.497 e. The lowest BCUT2D eigenvalue weighted by atomic mass is 10.0. The average molecular weight is 550 g/mol. The van der Waals surface area contributed by atoms with E-state index in [1.54, 1.807) is 20.3 Å². The molecule has 0 bridgehead atoms. The van der Waals surface area contributed by atoms with Crippen molar-refractivity contribution < 1.29 is 19.1 Å². The van der Waals surface area contributed by atoms with Gasteiger partial charge in [-0.2, -0.15) is 0 Å². The fourth-order valence-electron chi connectivity index (χ4n) is 4.83. The summed E-state index contributed by atoms with van der Waals surface area (Å²) >= 11 is 6.49. The van der Waals surface area contributed by atoms with Gasteiger partial charge in [0.1, 0.15) is 11.5 Å². The van der Waals surface area contributed by atoms with Crippen LogP contribution in [0.1, 0.15) is 39.5 Å². The van der Waals surface area contributed by atoms with Gasteiger partial charge >= 0.3 is 0 Å². The summed E-state index contributed by atoms with van der Waals surface area (Å²) in [5.41, 5.74) is 5.68. The highest BCUT2D eigenvalue weighted by Crippen LogP contribution is 2.25. The van der Waals surface area contributed by atoms with E-state index in [1.165, 1.54) is 5.56 Å². The van der Waals surface area contributed by atoms with Gasteiger partial charge in [0.2, 0.25) is 5.91 Å². The molecule has 1 aliphatic rings. The lowest BCUT2D eigenvalue weighted by Gasteiger charge is -2.36. The quantitative estimate of drug-likeness (QED) is 0.404. The van der Waals surface area contributed by atoms with Crippen LogP contribution in [0.5, 0.6) is 11.5 Å². The molecule has 7 nitrogen and oxygen atoms in total. The number of halogens is 1. The van der Waals surface area contributed by atoms with Gasteiger partial charge in [0.05, 0.1) is 20.6 Å². The molecule has 0 aliphatic carbocycles. The number of piperazine rings is 1. The maximum atomic E-state index is 13.0. The topological polar surface area (TPSA) is 71.1 Å². The summed E-state index contributed by atoms with van der Waals surface area (Å²) in [5.74, 6) is 1.30. The lowest BCUT2D eigenvalue weighted by molar-refractivity contribution is -0.130. The van der Waals surface area contributed by atoms with E-state index in [2.05, 4.69) is 23.2 Å². The van der Waals surface area contributed by atoms with Gasteiger partial charge in [-0.15, -0.1) is 0 Å². The van der Waals surface area contributed by atoms with E-state index in [0.29, 0.717) is 48.1 Å². The van der Waals surface area contributed by atoms with E-state index >= 15 is 0 Å². The van der Waals surface area contributed by atoms with Crippen LogP contribution >= 0.6 is 11.6 Å². The Morgan fingerprint density at radius 3 is 2.10 bits per heavy atom. The highest BCUT2D eigenvalue weighted by atomic mass is 35.5. The van der Waals surface area contributed by atoms with Crippen LogP contribution in [-0.4, -0.2) is 57.1 Å². The van der Waals surface area contributed by atoms with E-state index in [0.717, 1.165) is 41.9 Å². The zero-order valence-corrected chi connectivity index (χ0v) is 23.8. The van der Waals surface area contributed by atoms with Crippen LogP contribution in [0.25, 0.3) is 0 Å². The van der Waals surface area contributed by atoms with Gasteiger partial charge in [0.25, 0.3) is 5.91 Å². The first-order valence-corrected chi connectivity index (χ1v) is 13.6. The monoisotopic (exact) mass is 549 g/mol. The van der Waals surface area contributed by atoms with Crippen molar-refractivity contribution in [2.75, 3.05) is 45.3 Å². The first-order chi connectivity index (χ1) is 18.8. The average Bonchev–Trinajstić information content (AvgIpc) is 2.97. The minimum atomic E-state index is -0.153. The molecular formula is C31H36ClN3O4. The van der Waals surface area contributed by atoms with Crippen molar-refractivity contribution in [1.29, 1.82) is 0 Å². The Balaban J connectivity index is 1.29. The van der Waals surface area contributed by atoms with E-state index in [1.807, 2.05) is 54.3 Å². The summed E-state index contributed by atoms with van der Waals surface area (Å²) in [7, 11) is 3.19. The smallest absolute Gasteiger partial charge is 0.251 e. The third kappa shape index (κ3) is 7.03. The number of hydrogen-bond donors (Lipinski definition) is 1. The number of benzene rings is 3. The largest absolute Gasteiger partial charge is 0.497 e. The van der Waals surface area contributed by atoms with Crippen LogP contribution in [0.15, 0.2) is 54.6 Å². The zero-order chi connectivity index (χ0) is 27.9. The SMILES string of the molecule is CCc1cc(C)c(CC(=O)N2CCN(c3ccc(C(=O)NCc4cc(OC)cc(OC)c4)cc3)CC2)c(Cl)c1. The van der Waals surface area contributed by atoms with Gasteiger partial charge in [-0.05, 0) is 78.1 Å². The molecule has 1 heterocycles. The maximum absolute atomic E-state index is 13.0. The van der Waals surface area contributed by atoms with E-state index < -0.39 is 0 Å². The molecule has 0 radical (unpaired) electrons. The summed E-state index contributed by atoms with van der Waals surface area (Å²) in [6, 6.07) is 17.2. The number of carbonyl (C=O) groups is 2. The molecule has 0 atom stereocenters. The van der Waals surface area contributed by atoms with Crippen molar-refractivity contribution in [3.8, 4) is 11.5 Å². The number of ether oxygens (including phenoxy) is 2. The summed E-state index contributed by atoms with van der Waals surface area (Å²) in [6.45, 7) is 7.24. The molecule has 8 heteroatoms. The summed E-state index contributed by atoms with van der Waals surface area (Å²) in [6.07, 6.45) is 1.24. The number of methoxy groups -OCH3 is 2. The Bertz CT molecular complexity index is 1270. The summed E-state index contributed by atoms with van der Waals surface area (Å²) in [5, 5.41) is 3.62. The van der Waals surface area contributed by atoms with E-state index in [-0.39, 0.29) is 11.8 Å². The standard InChI is InChI=1S/C31H36ClN3O4/c1-5-22-14-21(2)28(29(32)17-22)19-30(36)35-12-10-34(11-13-35)25-8-6-24(7-9-25)31(37)33-20-23-15-26(38-3)18-27(16-23)39-4/h6-9,14-18H,5,10-13,19-20H2,1-4H3,(H,33,37). The lowest BCUT2D eigenvalue weighted by Crippen LogP contribution is -2.49. The second-order valence-corrected chi connectivity index (χ2v) is 10.1. The highest BCUT2D eigenvalue weighted by Gasteiger charge is 2.23. The predicted molar refractivity (Wildman–Crippen MR) is 155 cm³/mol. The molecule has 1 fully saturated rings. The van der Waals surface area contributed by atoms with Gasteiger partial charge < -0.3 is 24.6 Å². The molecule has 0 spiro atoms. The van der Waals surface area contributed by atoms with Gasteiger partial charge in [0.15, 0.2) is 0 Å². The first kappa shape index (κ1) is 28.3. The summed E-state index contributed by atoms with van der Waals surface area (Å²) in [4.78, 5) is 29.9. The number of aryl methyl sites for hydroxylation is 2. The number of amides is 2. The molecule has 39 heavy (non-hydrogen) atoms. The number of nitrogens with one attached hydrogen (secondary N) is 1. The first-order valence-electron chi connectivity index (χ1n) is 13.2. The van der Waals surface area contributed by atoms with Crippen molar-refractivity contribution in [3.05, 3.63) is 87.4 Å². The molecule has 0 saturated carbocycles. The van der Waals surface area contributed by atoms with Crippen LogP contribution in [-0.2, 0) is 24.2 Å². The molecule has 4 rings (SSSR count). The van der Waals surface area contributed by atoms with Gasteiger partial charge in [0, 0.05) is 55.1 Å². The molecule has 0 unspecified atom stereocenters. The predicted octanol–water partition coefficient (Wildman–Crippen LogP) is 5.05. The molecule has 1 aliphatic heterocycles. The van der Waals surface area contributed by atoms with E-state index in [9.17, 15) is 9.59 Å². The Morgan fingerprint density at radius 2 is 1.54 bits per heavy atom.